The standard InChI is InChI=1S/C14H19NO2/c1-11(16)15(2)13-9-6-10-14(13,17)12-7-4-3-5-8-12/h3-5,7-8,13,17H,6,9-10H2,1-2H3/t13?,14-/m1/s1. The van der Waals surface area contributed by atoms with Gasteiger partial charge in [0.2, 0.25) is 5.91 Å². The molecule has 1 saturated carbocycles. The Labute approximate surface area is 102 Å². The molecule has 92 valence electrons. The summed E-state index contributed by atoms with van der Waals surface area (Å²) in [6.07, 6.45) is 2.54. The van der Waals surface area contributed by atoms with Crippen LogP contribution in [0.2, 0.25) is 0 Å². The van der Waals surface area contributed by atoms with Crippen molar-refractivity contribution in [1.82, 2.24) is 4.90 Å². The molecule has 2 rings (SSSR count). The summed E-state index contributed by atoms with van der Waals surface area (Å²) in [5, 5.41) is 10.8. The zero-order chi connectivity index (χ0) is 12.5. The van der Waals surface area contributed by atoms with Crippen LogP contribution in [0.25, 0.3) is 0 Å². The molecular weight excluding hydrogens is 214 g/mol. The Balaban J connectivity index is 2.33. The first-order valence-corrected chi connectivity index (χ1v) is 6.07. The third-order valence-electron chi connectivity index (χ3n) is 3.82. The highest BCUT2D eigenvalue weighted by molar-refractivity contribution is 5.73. The lowest BCUT2D eigenvalue weighted by Gasteiger charge is -2.36. The molecule has 3 heteroatoms. The van der Waals surface area contributed by atoms with Crippen molar-refractivity contribution in [3.8, 4) is 0 Å². The van der Waals surface area contributed by atoms with Gasteiger partial charge in [-0.25, -0.2) is 0 Å². The Bertz CT molecular complexity index is 404. The molecule has 3 nitrogen and oxygen atoms in total. The lowest BCUT2D eigenvalue weighted by molar-refractivity contribution is -0.135. The van der Waals surface area contributed by atoms with Crippen molar-refractivity contribution in [2.75, 3.05) is 7.05 Å². The van der Waals surface area contributed by atoms with E-state index in [4.69, 9.17) is 0 Å². The van der Waals surface area contributed by atoms with E-state index in [-0.39, 0.29) is 11.9 Å². The van der Waals surface area contributed by atoms with Gasteiger partial charge in [-0.1, -0.05) is 30.3 Å². The molecule has 1 aromatic rings. The monoisotopic (exact) mass is 233 g/mol. The van der Waals surface area contributed by atoms with Gasteiger partial charge >= 0.3 is 0 Å². The number of likely N-dealkylation sites (N-methyl/N-ethyl adjacent to an activating group) is 1. The van der Waals surface area contributed by atoms with Gasteiger partial charge in [0, 0.05) is 14.0 Å². The number of benzene rings is 1. The molecule has 0 saturated heterocycles. The fourth-order valence-corrected chi connectivity index (χ4v) is 2.77. The van der Waals surface area contributed by atoms with Gasteiger partial charge in [0.05, 0.1) is 6.04 Å². The molecule has 1 aliphatic rings. The van der Waals surface area contributed by atoms with E-state index in [1.807, 2.05) is 30.3 Å². The van der Waals surface area contributed by atoms with E-state index in [1.165, 1.54) is 0 Å². The Morgan fingerprint density at radius 3 is 2.65 bits per heavy atom. The van der Waals surface area contributed by atoms with Crippen molar-refractivity contribution >= 4 is 5.91 Å². The molecule has 1 amide bonds. The minimum atomic E-state index is -0.887. The molecule has 1 fully saturated rings. The molecule has 0 spiro atoms. The van der Waals surface area contributed by atoms with Crippen LogP contribution in [0.1, 0.15) is 31.7 Å². The lowest BCUT2D eigenvalue weighted by atomic mass is 9.88. The molecule has 0 radical (unpaired) electrons. The number of hydrogen-bond donors (Lipinski definition) is 1. The summed E-state index contributed by atoms with van der Waals surface area (Å²) in [7, 11) is 1.77. The summed E-state index contributed by atoms with van der Waals surface area (Å²) in [6.45, 7) is 1.55. The Morgan fingerprint density at radius 2 is 2.06 bits per heavy atom. The zero-order valence-electron chi connectivity index (χ0n) is 10.4. The first-order chi connectivity index (χ1) is 8.05. The highest BCUT2D eigenvalue weighted by Gasteiger charge is 2.45. The van der Waals surface area contributed by atoms with E-state index < -0.39 is 5.60 Å². The minimum absolute atomic E-state index is 0.00579. The largest absolute Gasteiger partial charge is 0.383 e. The second-order valence-corrected chi connectivity index (χ2v) is 4.83. The lowest BCUT2D eigenvalue weighted by Crippen LogP contribution is -2.47. The van der Waals surface area contributed by atoms with Gasteiger partial charge in [-0.05, 0) is 24.8 Å². The summed E-state index contributed by atoms with van der Waals surface area (Å²) >= 11 is 0. The number of amides is 1. The SMILES string of the molecule is CC(=O)N(C)C1CCC[C@@]1(O)c1ccccc1. The first kappa shape index (κ1) is 12.1. The molecule has 0 aromatic heterocycles. The number of carbonyl (C=O) groups excluding carboxylic acids is 1. The van der Waals surface area contributed by atoms with Crippen molar-refractivity contribution in [3.63, 3.8) is 0 Å². The topological polar surface area (TPSA) is 40.5 Å². The van der Waals surface area contributed by atoms with Crippen LogP contribution < -0.4 is 0 Å². The average molecular weight is 233 g/mol. The zero-order valence-corrected chi connectivity index (χ0v) is 10.4. The minimum Gasteiger partial charge on any atom is -0.383 e. The van der Waals surface area contributed by atoms with Gasteiger partial charge in [0.15, 0.2) is 0 Å². The third kappa shape index (κ3) is 2.07. The van der Waals surface area contributed by atoms with E-state index in [0.29, 0.717) is 0 Å². The molecule has 17 heavy (non-hydrogen) atoms. The summed E-state index contributed by atoms with van der Waals surface area (Å²) < 4.78 is 0. The Morgan fingerprint density at radius 1 is 1.41 bits per heavy atom. The number of hydrogen-bond acceptors (Lipinski definition) is 2. The highest BCUT2D eigenvalue weighted by atomic mass is 16.3. The number of nitrogens with zero attached hydrogens (tertiary/aromatic N) is 1. The van der Waals surface area contributed by atoms with E-state index in [2.05, 4.69) is 0 Å². The predicted molar refractivity (Wildman–Crippen MR) is 66.4 cm³/mol. The number of aliphatic hydroxyl groups is 1. The highest BCUT2D eigenvalue weighted by Crippen LogP contribution is 2.41. The van der Waals surface area contributed by atoms with Gasteiger partial charge in [0.1, 0.15) is 5.60 Å². The Kier molecular flexibility index (Phi) is 3.20. The van der Waals surface area contributed by atoms with Crippen molar-refractivity contribution in [3.05, 3.63) is 35.9 Å². The fraction of sp³-hybridized carbons (Fsp3) is 0.500. The Hall–Kier alpha value is -1.35. The second kappa shape index (κ2) is 4.49. The van der Waals surface area contributed by atoms with Crippen LogP contribution in [0.15, 0.2) is 30.3 Å². The molecule has 0 heterocycles. The van der Waals surface area contributed by atoms with Crippen LogP contribution >= 0.6 is 0 Å². The maximum atomic E-state index is 11.5. The van der Waals surface area contributed by atoms with Crippen LogP contribution in [0.3, 0.4) is 0 Å². The maximum absolute atomic E-state index is 11.5. The smallest absolute Gasteiger partial charge is 0.219 e. The second-order valence-electron chi connectivity index (χ2n) is 4.83. The summed E-state index contributed by atoms with van der Waals surface area (Å²) in [5.74, 6) is 0.00579. The summed E-state index contributed by atoms with van der Waals surface area (Å²) in [5.41, 5.74) is 0.0254. The van der Waals surface area contributed by atoms with Crippen molar-refractivity contribution < 1.29 is 9.90 Å². The van der Waals surface area contributed by atoms with Crippen LogP contribution in [0.5, 0.6) is 0 Å². The molecule has 1 aliphatic carbocycles. The fourth-order valence-electron chi connectivity index (χ4n) is 2.77. The quantitative estimate of drug-likeness (QED) is 0.847. The number of carbonyl (C=O) groups is 1. The summed E-state index contributed by atoms with van der Waals surface area (Å²) in [4.78, 5) is 13.1. The van der Waals surface area contributed by atoms with Gasteiger partial charge < -0.3 is 10.0 Å². The molecule has 1 N–H and O–H groups in total. The molecule has 0 aliphatic heterocycles. The summed E-state index contributed by atoms with van der Waals surface area (Å²) in [6, 6.07) is 9.55. The average Bonchev–Trinajstić information content (AvgIpc) is 2.72. The molecule has 1 unspecified atom stereocenters. The molecule has 0 bridgehead atoms. The molecule has 2 atom stereocenters. The van der Waals surface area contributed by atoms with Gasteiger partial charge in [-0.3, -0.25) is 4.79 Å². The van der Waals surface area contributed by atoms with Crippen molar-refractivity contribution in [2.24, 2.45) is 0 Å². The third-order valence-corrected chi connectivity index (χ3v) is 3.82. The van der Waals surface area contributed by atoms with Crippen molar-refractivity contribution in [1.29, 1.82) is 0 Å². The van der Waals surface area contributed by atoms with Crippen LogP contribution in [-0.2, 0) is 10.4 Å². The van der Waals surface area contributed by atoms with Gasteiger partial charge in [0.25, 0.3) is 0 Å². The van der Waals surface area contributed by atoms with E-state index in [0.717, 1.165) is 24.8 Å². The molecular formula is C14H19NO2. The molecule has 1 aromatic carbocycles. The van der Waals surface area contributed by atoms with E-state index in [9.17, 15) is 9.90 Å². The van der Waals surface area contributed by atoms with E-state index >= 15 is 0 Å². The van der Waals surface area contributed by atoms with Gasteiger partial charge in [-0.2, -0.15) is 0 Å². The van der Waals surface area contributed by atoms with E-state index in [1.54, 1.807) is 18.9 Å². The van der Waals surface area contributed by atoms with Gasteiger partial charge in [-0.15, -0.1) is 0 Å². The van der Waals surface area contributed by atoms with Crippen molar-refractivity contribution in [2.45, 2.75) is 37.8 Å². The van der Waals surface area contributed by atoms with Crippen LogP contribution in [-0.4, -0.2) is 29.0 Å². The normalized spacial score (nSPS) is 28.1. The van der Waals surface area contributed by atoms with Crippen LogP contribution in [0, 0.1) is 0 Å². The number of rotatable bonds is 2. The van der Waals surface area contributed by atoms with Crippen LogP contribution in [0.4, 0.5) is 0 Å². The maximum Gasteiger partial charge on any atom is 0.219 e. The predicted octanol–water partition coefficient (Wildman–Crippen LogP) is 1.91. The first-order valence-electron chi connectivity index (χ1n) is 6.07.